The molecule has 88 valence electrons. The van der Waals surface area contributed by atoms with Crippen molar-refractivity contribution in [1.29, 1.82) is 0 Å². The minimum atomic E-state index is 0. The van der Waals surface area contributed by atoms with Crippen LogP contribution in [-0.4, -0.2) is 19.0 Å². The Morgan fingerprint density at radius 1 is 1.07 bits per heavy atom. The number of hydrogen-bond acceptors (Lipinski definition) is 1. The van der Waals surface area contributed by atoms with Gasteiger partial charge in [0.1, 0.15) is 0 Å². The van der Waals surface area contributed by atoms with Crippen LogP contribution in [0.4, 0.5) is 0 Å². The minimum Gasteiger partial charge on any atom is -0.369 e. The summed E-state index contributed by atoms with van der Waals surface area (Å²) in [7, 11) is 3.69. The quantitative estimate of drug-likeness (QED) is 0.500. The number of halogens is 2. The molecule has 0 aromatic carbocycles. The average molecular weight is 242 g/mol. The lowest BCUT2D eigenvalue weighted by molar-refractivity contribution is 0.549. The molecule has 0 N–H and O–H groups in total. The first-order valence-corrected chi connectivity index (χ1v) is 5.45. The van der Waals surface area contributed by atoms with Crippen LogP contribution in [0.15, 0.2) is 11.7 Å². The van der Waals surface area contributed by atoms with Crippen molar-refractivity contribution >= 4 is 24.0 Å². The zero-order chi connectivity index (χ0) is 10.7. The summed E-state index contributed by atoms with van der Waals surface area (Å²) >= 11 is 5.34. The molecule has 1 nitrogen and oxygen atoms in total. The molecular weight excluding hydrogens is 217 g/mol. The summed E-state index contributed by atoms with van der Waals surface area (Å²) in [5.41, 5.74) is 0. The van der Waals surface area contributed by atoms with Crippen molar-refractivity contribution in [3.63, 3.8) is 0 Å². The van der Waals surface area contributed by atoms with Gasteiger partial charge in [-0.25, -0.2) is 0 Å². The van der Waals surface area contributed by atoms with Crippen molar-refractivity contribution in [2.24, 2.45) is 0 Å². The van der Waals surface area contributed by atoms with Gasteiger partial charge in [-0.2, -0.15) is 0 Å². The third kappa shape index (κ3) is 22.7. The lowest BCUT2D eigenvalue weighted by Crippen LogP contribution is -2.04. The summed E-state index contributed by atoms with van der Waals surface area (Å²) in [5.74, 6) is 0. The normalized spacial score (nSPS) is 8.07. The fourth-order valence-corrected chi connectivity index (χ4v) is 0.677. The van der Waals surface area contributed by atoms with Crippen LogP contribution in [0.25, 0.3) is 0 Å². The third-order valence-electron chi connectivity index (χ3n) is 1.69. The Morgan fingerprint density at radius 3 is 1.50 bits per heavy atom. The Balaban J connectivity index is -0.000000163. The van der Waals surface area contributed by atoms with Crippen molar-refractivity contribution in [3.05, 3.63) is 11.7 Å². The molecule has 0 saturated carbocycles. The molecule has 0 saturated heterocycles. The summed E-state index contributed by atoms with van der Waals surface area (Å²) in [4.78, 5) is 1.74. The Labute approximate surface area is 101 Å². The molecule has 0 rings (SSSR count). The second-order valence-electron chi connectivity index (χ2n) is 3.33. The van der Waals surface area contributed by atoms with E-state index in [9.17, 15) is 0 Å². The molecule has 0 spiro atoms. The van der Waals surface area contributed by atoms with Gasteiger partial charge in [0, 0.05) is 14.1 Å². The van der Waals surface area contributed by atoms with Gasteiger partial charge in [0.25, 0.3) is 0 Å². The van der Waals surface area contributed by atoms with E-state index in [1.165, 1.54) is 32.1 Å². The Morgan fingerprint density at radius 2 is 1.36 bits per heavy atom. The van der Waals surface area contributed by atoms with E-state index in [4.69, 9.17) is 11.6 Å². The first kappa shape index (κ1) is 19.7. The molecule has 0 aliphatic rings. The highest BCUT2D eigenvalue weighted by atomic mass is 35.5. The Bertz CT molecular complexity index is 110. The van der Waals surface area contributed by atoms with Gasteiger partial charge in [0.05, 0.1) is 5.16 Å². The van der Waals surface area contributed by atoms with Gasteiger partial charge in [0.2, 0.25) is 0 Å². The molecule has 0 aliphatic carbocycles. The maximum atomic E-state index is 5.34. The maximum Gasteiger partial charge on any atom is 0.0965 e. The van der Waals surface area contributed by atoms with E-state index < -0.39 is 0 Å². The third-order valence-corrected chi connectivity index (χ3v) is 2.03. The van der Waals surface area contributed by atoms with E-state index in [1.54, 1.807) is 4.90 Å². The Hall–Kier alpha value is 0.120. The van der Waals surface area contributed by atoms with Gasteiger partial charge in [-0.3, -0.25) is 0 Å². The number of nitrogens with zero attached hydrogens (tertiary/aromatic N) is 1. The molecule has 0 amide bonds. The molecule has 0 atom stereocenters. The fraction of sp³-hybridized carbons (Fsp3) is 0.818. The maximum absolute atomic E-state index is 5.34. The zero-order valence-electron chi connectivity index (χ0n) is 9.98. The molecule has 0 radical (unpaired) electrons. The van der Waals surface area contributed by atoms with Crippen LogP contribution >= 0.6 is 24.0 Å². The molecule has 0 aromatic heterocycles. The van der Waals surface area contributed by atoms with Crippen LogP contribution in [0.1, 0.15) is 46.0 Å². The van der Waals surface area contributed by atoms with Gasteiger partial charge in [-0.05, 0) is 0 Å². The van der Waals surface area contributed by atoms with E-state index in [1.807, 2.05) is 14.1 Å². The standard InChI is InChI=1S/C7H16.C4H8ClN.ClH/c1-3-5-7-6-4-2;1-4(5)6(2)3;/h3-7H2,1-2H3;1H2,2-3H3;1H. The molecule has 0 bridgehead atoms. The number of rotatable bonds is 5. The molecule has 14 heavy (non-hydrogen) atoms. The molecule has 0 aromatic rings. The monoisotopic (exact) mass is 241 g/mol. The molecule has 0 unspecified atom stereocenters. The molecule has 3 heteroatoms. The summed E-state index contributed by atoms with van der Waals surface area (Å²) in [5, 5.41) is 0.565. The zero-order valence-corrected chi connectivity index (χ0v) is 11.5. The summed E-state index contributed by atoms with van der Waals surface area (Å²) in [6.45, 7) is 7.94. The van der Waals surface area contributed by atoms with Crippen LogP contribution in [0.2, 0.25) is 0 Å². The fourth-order valence-electron chi connectivity index (χ4n) is 0.677. The van der Waals surface area contributed by atoms with Crippen molar-refractivity contribution in [2.75, 3.05) is 14.1 Å². The largest absolute Gasteiger partial charge is 0.369 e. The van der Waals surface area contributed by atoms with Gasteiger partial charge in [-0.1, -0.05) is 64.1 Å². The van der Waals surface area contributed by atoms with Crippen molar-refractivity contribution < 1.29 is 0 Å². The van der Waals surface area contributed by atoms with Crippen molar-refractivity contribution in [1.82, 2.24) is 4.90 Å². The highest BCUT2D eigenvalue weighted by Gasteiger charge is 1.82. The predicted octanol–water partition coefficient (Wildman–Crippen LogP) is 4.66. The molecule has 0 heterocycles. The van der Waals surface area contributed by atoms with E-state index >= 15 is 0 Å². The second-order valence-corrected chi connectivity index (χ2v) is 3.77. The first-order chi connectivity index (χ1) is 6.06. The predicted molar refractivity (Wildman–Crippen MR) is 70.4 cm³/mol. The number of unbranched alkanes of at least 4 members (excludes halogenated alkanes) is 4. The van der Waals surface area contributed by atoms with Gasteiger partial charge < -0.3 is 4.90 Å². The minimum absolute atomic E-state index is 0. The second kappa shape index (κ2) is 15.6. The van der Waals surface area contributed by atoms with Gasteiger partial charge in [0.15, 0.2) is 0 Å². The lowest BCUT2D eigenvalue weighted by Gasteiger charge is -2.05. The van der Waals surface area contributed by atoms with E-state index in [-0.39, 0.29) is 12.4 Å². The van der Waals surface area contributed by atoms with Crippen molar-refractivity contribution in [3.8, 4) is 0 Å². The van der Waals surface area contributed by atoms with Crippen LogP contribution in [0, 0.1) is 0 Å². The first-order valence-electron chi connectivity index (χ1n) is 5.07. The topological polar surface area (TPSA) is 3.24 Å². The van der Waals surface area contributed by atoms with Crippen LogP contribution in [0.5, 0.6) is 0 Å². The Kier molecular flexibility index (Phi) is 21.9. The SMILES string of the molecule is C=C(Cl)N(C)C.CCCCCCC.Cl. The van der Waals surface area contributed by atoms with E-state index in [0.29, 0.717) is 5.16 Å². The summed E-state index contributed by atoms with van der Waals surface area (Å²) < 4.78 is 0. The van der Waals surface area contributed by atoms with E-state index in [2.05, 4.69) is 20.4 Å². The highest BCUT2D eigenvalue weighted by molar-refractivity contribution is 6.28. The number of hydrogen-bond donors (Lipinski definition) is 0. The molecular formula is C11H25Cl2N. The van der Waals surface area contributed by atoms with E-state index in [0.717, 1.165) is 0 Å². The van der Waals surface area contributed by atoms with Gasteiger partial charge in [-0.15, -0.1) is 12.4 Å². The lowest BCUT2D eigenvalue weighted by atomic mass is 10.2. The van der Waals surface area contributed by atoms with Crippen LogP contribution in [0.3, 0.4) is 0 Å². The highest BCUT2D eigenvalue weighted by Crippen LogP contribution is 2.00. The average Bonchev–Trinajstić information content (AvgIpc) is 2.06. The molecule has 0 aliphatic heterocycles. The van der Waals surface area contributed by atoms with Crippen LogP contribution < -0.4 is 0 Å². The van der Waals surface area contributed by atoms with Crippen LogP contribution in [-0.2, 0) is 0 Å². The van der Waals surface area contributed by atoms with Gasteiger partial charge >= 0.3 is 0 Å². The molecule has 0 fully saturated rings. The summed E-state index contributed by atoms with van der Waals surface area (Å²) in [6.07, 6.45) is 7.01. The van der Waals surface area contributed by atoms with Crippen molar-refractivity contribution in [2.45, 2.75) is 46.0 Å². The smallest absolute Gasteiger partial charge is 0.0965 e. The summed E-state index contributed by atoms with van der Waals surface area (Å²) in [6, 6.07) is 0.